The van der Waals surface area contributed by atoms with Crippen LogP contribution in [0.4, 0.5) is 0 Å². The summed E-state index contributed by atoms with van der Waals surface area (Å²) in [5, 5.41) is 8.93. The molecule has 0 radical (unpaired) electrons. The van der Waals surface area contributed by atoms with E-state index < -0.39 is 0 Å². The van der Waals surface area contributed by atoms with Crippen molar-refractivity contribution in [2.45, 2.75) is 40.0 Å². The van der Waals surface area contributed by atoms with Gasteiger partial charge in [-0.3, -0.25) is 14.2 Å². The lowest BCUT2D eigenvalue weighted by Gasteiger charge is -2.27. The van der Waals surface area contributed by atoms with Crippen LogP contribution in [-0.4, -0.2) is 41.9 Å². The first-order valence-corrected chi connectivity index (χ1v) is 9.37. The number of fused-ring (bicyclic) bond motifs is 1. The van der Waals surface area contributed by atoms with E-state index in [1.165, 1.54) is 0 Å². The topological polar surface area (TPSA) is 78.1 Å². The molecular formula is C20H24N6O2. The summed E-state index contributed by atoms with van der Waals surface area (Å²) in [6.07, 6.45) is 2.62. The van der Waals surface area contributed by atoms with E-state index in [4.69, 9.17) is 4.74 Å². The number of hydrogen-bond acceptors (Lipinski definition) is 5. The van der Waals surface area contributed by atoms with E-state index in [1.54, 1.807) is 4.68 Å². The summed E-state index contributed by atoms with van der Waals surface area (Å²) in [7, 11) is 1.94. The fourth-order valence-corrected chi connectivity index (χ4v) is 3.53. The van der Waals surface area contributed by atoms with Gasteiger partial charge in [-0.25, -0.2) is 4.98 Å². The van der Waals surface area contributed by atoms with Crippen molar-refractivity contribution < 1.29 is 9.53 Å². The summed E-state index contributed by atoms with van der Waals surface area (Å²) in [6.45, 7) is 5.66. The molecule has 0 N–H and O–H groups in total. The number of ether oxygens (including phenoxy) is 1. The molecular weight excluding hydrogens is 356 g/mol. The lowest BCUT2D eigenvalue weighted by molar-refractivity contribution is -0.133. The maximum absolute atomic E-state index is 12.7. The highest BCUT2D eigenvalue weighted by atomic mass is 16.5. The predicted octanol–water partition coefficient (Wildman–Crippen LogP) is 1.79. The van der Waals surface area contributed by atoms with Gasteiger partial charge in [0.15, 0.2) is 0 Å². The minimum Gasteiger partial charge on any atom is -0.471 e. The monoisotopic (exact) mass is 380 g/mol. The summed E-state index contributed by atoms with van der Waals surface area (Å²) in [5.74, 6) is 0.641. The Bertz CT molecular complexity index is 1010. The first-order chi connectivity index (χ1) is 13.5. The summed E-state index contributed by atoms with van der Waals surface area (Å²) in [5.41, 5.74) is 4.91. The van der Waals surface area contributed by atoms with E-state index in [1.807, 2.05) is 60.9 Å². The zero-order chi connectivity index (χ0) is 19.7. The Morgan fingerprint density at radius 1 is 1.18 bits per heavy atom. The number of aryl methyl sites for hydroxylation is 3. The second-order valence-electron chi connectivity index (χ2n) is 7.12. The molecule has 0 unspecified atom stereocenters. The standard InChI is InChI=1S/C20H24N6O2/c1-14-5-4-6-19(21-14)28-13-17-16-11-25(9-8-18(16)24(3)23-17)20(27)12-26-10-7-15(2)22-26/h4-7,10H,8-9,11-13H2,1-3H3. The zero-order valence-electron chi connectivity index (χ0n) is 16.4. The fraction of sp³-hybridized carbons (Fsp3) is 0.400. The van der Waals surface area contributed by atoms with Crippen molar-refractivity contribution >= 4 is 5.91 Å². The van der Waals surface area contributed by atoms with Crippen LogP contribution in [0.5, 0.6) is 5.88 Å². The van der Waals surface area contributed by atoms with Gasteiger partial charge in [0.2, 0.25) is 11.8 Å². The Morgan fingerprint density at radius 3 is 2.79 bits per heavy atom. The van der Waals surface area contributed by atoms with Crippen molar-refractivity contribution in [1.82, 2.24) is 29.4 Å². The number of hydrogen-bond donors (Lipinski definition) is 0. The summed E-state index contributed by atoms with van der Waals surface area (Å²) in [6, 6.07) is 7.59. The Hall–Kier alpha value is -3.16. The molecule has 8 heteroatoms. The van der Waals surface area contributed by atoms with E-state index in [9.17, 15) is 4.79 Å². The molecule has 4 heterocycles. The van der Waals surface area contributed by atoms with Crippen molar-refractivity contribution in [3.05, 3.63) is 58.8 Å². The van der Waals surface area contributed by atoms with Gasteiger partial charge in [-0.15, -0.1) is 0 Å². The number of carbonyl (C=O) groups is 1. The first kappa shape index (κ1) is 18.2. The number of aromatic nitrogens is 5. The smallest absolute Gasteiger partial charge is 0.244 e. The molecule has 3 aromatic rings. The molecule has 0 fully saturated rings. The number of amides is 1. The molecule has 8 nitrogen and oxygen atoms in total. The highest BCUT2D eigenvalue weighted by Gasteiger charge is 2.27. The van der Waals surface area contributed by atoms with Gasteiger partial charge in [0.05, 0.1) is 5.69 Å². The number of pyridine rings is 1. The largest absolute Gasteiger partial charge is 0.471 e. The molecule has 0 aliphatic carbocycles. The van der Waals surface area contributed by atoms with Crippen LogP contribution in [0, 0.1) is 13.8 Å². The molecule has 146 valence electrons. The lowest BCUT2D eigenvalue weighted by Crippen LogP contribution is -2.38. The molecule has 1 aliphatic heterocycles. The molecule has 0 aromatic carbocycles. The highest BCUT2D eigenvalue weighted by molar-refractivity contribution is 5.76. The third-order valence-corrected chi connectivity index (χ3v) is 4.97. The van der Waals surface area contributed by atoms with Gasteiger partial charge in [0, 0.05) is 55.8 Å². The molecule has 3 aromatic heterocycles. The van der Waals surface area contributed by atoms with Gasteiger partial charge >= 0.3 is 0 Å². The van der Waals surface area contributed by atoms with E-state index in [2.05, 4.69) is 15.2 Å². The Morgan fingerprint density at radius 2 is 2.04 bits per heavy atom. The minimum absolute atomic E-state index is 0.0600. The van der Waals surface area contributed by atoms with Gasteiger partial charge < -0.3 is 9.64 Å². The molecule has 0 saturated heterocycles. The number of rotatable bonds is 5. The maximum atomic E-state index is 12.7. The molecule has 4 rings (SSSR count). The van der Waals surface area contributed by atoms with Gasteiger partial charge in [-0.05, 0) is 26.0 Å². The molecule has 1 amide bonds. The van der Waals surface area contributed by atoms with E-state index in [-0.39, 0.29) is 12.5 Å². The van der Waals surface area contributed by atoms with E-state index >= 15 is 0 Å². The lowest BCUT2D eigenvalue weighted by atomic mass is 10.1. The number of carbonyl (C=O) groups excluding carboxylic acids is 1. The molecule has 1 aliphatic rings. The van der Waals surface area contributed by atoms with Crippen molar-refractivity contribution in [2.75, 3.05) is 6.54 Å². The molecule has 0 atom stereocenters. The van der Waals surface area contributed by atoms with E-state index in [0.29, 0.717) is 25.6 Å². The molecule has 0 saturated carbocycles. The third-order valence-electron chi connectivity index (χ3n) is 4.97. The molecule has 0 bridgehead atoms. The summed E-state index contributed by atoms with van der Waals surface area (Å²) in [4.78, 5) is 19.0. The van der Waals surface area contributed by atoms with Crippen LogP contribution in [0.15, 0.2) is 30.5 Å². The van der Waals surface area contributed by atoms with Crippen molar-refractivity contribution in [3.8, 4) is 5.88 Å². The van der Waals surface area contributed by atoms with Crippen molar-refractivity contribution in [3.63, 3.8) is 0 Å². The average Bonchev–Trinajstić information content (AvgIpc) is 3.22. The van der Waals surface area contributed by atoms with Gasteiger partial charge in [-0.2, -0.15) is 10.2 Å². The second kappa shape index (κ2) is 7.46. The zero-order valence-corrected chi connectivity index (χ0v) is 16.4. The Balaban J connectivity index is 1.47. The molecule has 0 spiro atoms. The Kier molecular flexibility index (Phi) is 4.85. The van der Waals surface area contributed by atoms with Gasteiger partial charge in [0.25, 0.3) is 0 Å². The predicted molar refractivity (Wildman–Crippen MR) is 103 cm³/mol. The summed E-state index contributed by atoms with van der Waals surface area (Å²) < 4.78 is 9.43. The van der Waals surface area contributed by atoms with Crippen molar-refractivity contribution in [1.29, 1.82) is 0 Å². The fourth-order valence-electron chi connectivity index (χ4n) is 3.53. The minimum atomic E-state index is 0.0600. The van der Waals surface area contributed by atoms with Crippen LogP contribution in [0.1, 0.15) is 28.3 Å². The second-order valence-corrected chi connectivity index (χ2v) is 7.12. The van der Waals surface area contributed by atoms with Crippen LogP contribution in [-0.2, 0) is 38.0 Å². The molecule has 28 heavy (non-hydrogen) atoms. The van der Waals surface area contributed by atoms with Gasteiger partial charge in [0.1, 0.15) is 18.8 Å². The third kappa shape index (κ3) is 3.76. The van der Waals surface area contributed by atoms with Crippen LogP contribution in [0.3, 0.4) is 0 Å². The quantitative estimate of drug-likeness (QED) is 0.674. The SMILES string of the molecule is Cc1cccc(OCc2nn(C)c3c2CN(C(=O)Cn2ccc(C)n2)CC3)n1. The van der Waals surface area contributed by atoms with E-state index in [0.717, 1.165) is 34.8 Å². The highest BCUT2D eigenvalue weighted by Crippen LogP contribution is 2.23. The van der Waals surface area contributed by atoms with Crippen LogP contribution in [0.25, 0.3) is 0 Å². The maximum Gasteiger partial charge on any atom is 0.244 e. The van der Waals surface area contributed by atoms with Crippen LogP contribution < -0.4 is 4.74 Å². The van der Waals surface area contributed by atoms with Gasteiger partial charge in [-0.1, -0.05) is 6.07 Å². The van der Waals surface area contributed by atoms with Crippen LogP contribution in [0.2, 0.25) is 0 Å². The number of nitrogens with zero attached hydrogens (tertiary/aromatic N) is 6. The average molecular weight is 380 g/mol. The summed E-state index contributed by atoms with van der Waals surface area (Å²) >= 11 is 0. The first-order valence-electron chi connectivity index (χ1n) is 9.37. The van der Waals surface area contributed by atoms with Crippen molar-refractivity contribution in [2.24, 2.45) is 7.05 Å². The van der Waals surface area contributed by atoms with Crippen LogP contribution >= 0.6 is 0 Å². The Labute approximate surface area is 163 Å². The normalized spacial score (nSPS) is 13.5.